The number of hydrogen-bond donors (Lipinski definition) is 0. The molecule has 0 atom stereocenters. The van der Waals surface area contributed by atoms with Crippen LogP contribution in [0.4, 0.5) is 5.82 Å². The molecule has 0 bridgehead atoms. The second-order valence-corrected chi connectivity index (χ2v) is 5.42. The molecule has 1 aliphatic heterocycles. The average Bonchev–Trinajstić information content (AvgIpc) is 2.93. The summed E-state index contributed by atoms with van der Waals surface area (Å²) in [6.07, 6.45) is 3.19. The van der Waals surface area contributed by atoms with Crippen molar-refractivity contribution in [2.24, 2.45) is 0 Å². The summed E-state index contributed by atoms with van der Waals surface area (Å²) in [7, 11) is 0. The maximum atomic E-state index is 11.4. The van der Waals surface area contributed by atoms with Crippen molar-refractivity contribution in [3.63, 3.8) is 0 Å². The molecule has 0 saturated carbocycles. The topological polar surface area (TPSA) is 60.2 Å². The van der Waals surface area contributed by atoms with Crippen LogP contribution < -0.4 is 4.90 Å². The summed E-state index contributed by atoms with van der Waals surface area (Å²) in [6.45, 7) is 4.52. The van der Waals surface area contributed by atoms with Crippen LogP contribution in [0.1, 0.15) is 30.2 Å². The lowest BCUT2D eigenvalue weighted by Gasteiger charge is -2.35. The third-order valence-electron chi connectivity index (χ3n) is 4.18. The number of pyridine rings is 1. The van der Waals surface area contributed by atoms with Gasteiger partial charge >= 0.3 is 0 Å². The molecule has 0 spiro atoms. The summed E-state index contributed by atoms with van der Waals surface area (Å²) in [5.74, 6) is 0.920. The summed E-state index contributed by atoms with van der Waals surface area (Å²) in [5.41, 5.74) is 3.04. The number of anilines is 1. The van der Waals surface area contributed by atoms with Gasteiger partial charge in [-0.2, -0.15) is 5.26 Å². The summed E-state index contributed by atoms with van der Waals surface area (Å²) in [6, 6.07) is 4.27. The van der Waals surface area contributed by atoms with Crippen LogP contribution in [0.5, 0.6) is 0 Å². The molecule has 20 heavy (non-hydrogen) atoms. The minimum Gasteiger partial charge on any atom is -0.352 e. The molecule has 0 N–H and O–H groups in total. The Bertz CT molecular complexity index is 582. The minimum atomic E-state index is 0.118. The van der Waals surface area contributed by atoms with Gasteiger partial charge in [0.1, 0.15) is 11.9 Å². The quantitative estimate of drug-likeness (QED) is 0.767. The monoisotopic (exact) mass is 270 g/mol. The number of aromatic nitrogens is 1. The summed E-state index contributed by atoms with van der Waals surface area (Å²) >= 11 is 0. The molecule has 1 amide bonds. The maximum Gasteiger partial charge on any atom is 0.219 e. The van der Waals surface area contributed by atoms with Crippen LogP contribution in [0.2, 0.25) is 0 Å². The molecule has 2 aliphatic rings. The third kappa shape index (κ3) is 2.22. The van der Waals surface area contributed by atoms with Gasteiger partial charge in [0.05, 0.1) is 5.56 Å². The van der Waals surface area contributed by atoms with Crippen molar-refractivity contribution >= 4 is 11.7 Å². The Morgan fingerprint density at radius 1 is 1.30 bits per heavy atom. The van der Waals surface area contributed by atoms with E-state index < -0.39 is 0 Å². The van der Waals surface area contributed by atoms with E-state index in [1.807, 2.05) is 11.0 Å². The predicted molar refractivity (Wildman–Crippen MR) is 75.4 cm³/mol. The van der Waals surface area contributed by atoms with Crippen molar-refractivity contribution in [2.75, 3.05) is 31.1 Å². The average molecular weight is 270 g/mol. The second kappa shape index (κ2) is 5.12. The van der Waals surface area contributed by atoms with Gasteiger partial charge in [-0.15, -0.1) is 0 Å². The summed E-state index contributed by atoms with van der Waals surface area (Å²) in [4.78, 5) is 20.1. The number of aryl methyl sites for hydroxylation is 2. The standard InChI is InChI=1S/C15H18N4O/c1-11(20)18-5-7-19(8-6-18)15-13(10-16)9-12-3-2-4-14(12)17-15/h9H,2-8H2,1H3. The molecule has 0 aromatic carbocycles. The smallest absolute Gasteiger partial charge is 0.219 e. The van der Waals surface area contributed by atoms with Crippen LogP contribution in [0.3, 0.4) is 0 Å². The number of piperazine rings is 1. The zero-order chi connectivity index (χ0) is 14.1. The van der Waals surface area contributed by atoms with Gasteiger partial charge in [0.2, 0.25) is 5.91 Å². The molecule has 1 aromatic heterocycles. The molecule has 0 radical (unpaired) electrons. The summed E-state index contributed by atoms with van der Waals surface area (Å²) < 4.78 is 0. The number of carbonyl (C=O) groups is 1. The number of rotatable bonds is 1. The molecule has 2 heterocycles. The molecule has 104 valence electrons. The van der Waals surface area contributed by atoms with Gasteiger partial charge in [-0.25, -0.2) is 4.98 Å². The molecular weight excluding hydrogens is 252 g/mol. The fraction of sp³-hybridized carbons (Fsp3) is 0.533. The van der Waals surface area contributed by atoms with Crippen molar-refractivity contribution in [3.05, 3.63) is 22.9 Å². The summed E-state index contributed by atoms with van der Waals surface area (Å²) in [5, 5.41) is 9.34. The van der Waals surface area contributed by atoms with E-state index in [2.05, 4.69) is 11.0 Å². The Morgan fingerprint density at radius 2 is 2.05 bits per heavy atom. The van der Waals surface area contributed by atoms with Crippen LogP contribution in [0, 0.1) is 11.3 Å². The number of amides is 1. The number of fused-ring (bicyclic) bond motifs is 1. The highest BCUT2D eigenvalue weighted by molar-refractivity contribution is 5.73. The van der Waals surface area contributed by atoms with Gasteiger partial charge in [0, 0.05) is 38.8 Å². The Kier molecular flexibility index (Phi) is 3.31. The molecule has 0 unspecified atom stereocenters. The Hall–Kier alpha value is -2.09. The van der Waals surface area contributed by atoms with Crippen molar-refractivity contribution in [3.8, 4) is 6.07 Å². The number of hydrogen-bond acceptors (Lipinski definition) is 4. The Morgan fingerprint density at radius 3 is 2.70 bits per heavy atom. The van der Waals surface area contributed by atoms with Gasteiger partial charge in [0.15, 0.2) is 0 Å². The molecule has 1 fully saturated rings. The highest BCUT2D eigenvalue weighted by Crippen LogP contribution is 2.27. The molecule has 1 saturated heterocycles. The van der Waals surface area contributed by atoms with Crippen molar-refractivity contribution < 1.29 is 4.79 Å². The number of nitrogens with zero attached hydrogens (tertiary/aromatic N) is 4. The minimum absolute atomic E-state index is 0.118. The van der Waals surface area contributed by atoms with Crippen LogP contribution in [-0.4, -0.2) is 42.0 Å². The van der Waals surface area contributed by atoms with Crippen molar-refractivity contribution in [2.45, 2.75) is 26.2 Å². The highest BCUT2D eigenvalue weighted by Gasteiger charge is 2.24. The fourth-order valence-corrected chi connectivity index (χ4v) is 3.02. The normalized spacial score (nSPS) is 17.8. The van der Waals surface area contributed by atoms with E-state index in [0.29, 0.717) is 18.7 Å². The van der Waals surface area contributed by atoms with Crippen molar-refractivity contribution in [1.29, 1.82) is 5.26 Å². The second-order valence-electron chi connectivity index (χ2n) is 5.42. The van der Waals surface area contributed by atoms with E-state index in [4.69, 9.17) is 4.98 Å². The molecule has 1 aromatic rings. The first-order valence-corrected chi connectivity index (χ1v) is 7.12. The highest BCUT2D eigenvalue weighted by atomic mass is 16.2. The SMILES string of the molecule is CC(=O)N1CCN(c2nc3c(cc2C#N)CCC3)CC1. The molecule has 5 nitrogen and oxygen atoms in total. The first-order chi connectivity index (χ1) is 9.69. The molecule has 3 rings (SSSR count). The Labute approximate surface area is 118 Å². The lowest BCUT2D eigenvalue weighted by Crippen LogP contribution is -2.48. The van der Waals surface area contributed by atoms with Gasteiger partial charge < -0.3 is 9.80 Å². The third-order valence-corrected chi connectivity index (χ3v) is 4.18. The number of nitriles is 1. The van der Waals surface area contributed by atoms with Gasteiger partial charge in [0.25, 0.3) is 0 Å². The molecule has 5 heteroatoms. The van der Waals surface area contributed by atoms with E-state index >= 15 is 0 Å². The van der Waals surface area contributed by atoms with Crippen LogP contribution in [0.15, 0.2) is 6.07 Å². The van der Waals surface area contributed by atoms with Gasteiger partial charge in [-0.3, -0.25) is 4.79 Å². The van der Waals surface area contributed by atoms with E-state index in [0.717, 1.165) is 43.9 Å². The zero-order valence-corrected chi connectivity index (χ0v) is 11.7. The molecular formula is C15H18N4O. The fourth-order valence-electron chi connectivity index (χ4n) is 3.02. The van der Waals surface area contributed by atoms with Crippen LogP contribution in [-0.2, 0) is 17.6 Å². The van der Waals surface area contributed by atoms with E-state index in [-0.39, 0.29) is 5.91 Å². The Balaban J connectivity index is 1.84. The van der Waals surface area contributed by atoms with Gasteiger partial charge in [-0.1, -0.05) is 0 Å². The van der Waals surface area contributed by atoms with Gasteiger partial charge in [-0.05, 0) is 30.9 Å². The number of carbonyl (C=O) groups excluding carboxylic acids is 1. The van der Waals surface area contributed by atoms with Crippen LogP contribution in [0.25, 0.3) is 0 Å². The lowest BCUT2D eigenvalue weighted by atomic mass is 10.1. The van der Waals surface area contributed by atoms with E-state index in [9.17, 15) is 10.1 Å². The predicted octanol–water partition coefficient (Wildman–Crippen LogP) is 1.11. The first-order valence-electron chi connectivity index (χ1n) is 7.12. The van der Waals surface area contributed by atoms with Crippen LogP contribution >= 0.6 is 0 Å². The lowest BCUT2D eigenvalue weighted by molar-refractivity contribution is -0.129. The first kappa shape index (κ1) is 12.9. The maximum absolute atomic E-state index is 11.4. The van der Waals surface area contributed by atoms with E-state index in [1.54, 1.807) is 6.92 Å². The molecule has 1 aliphatic carbocycles. The van der Waals surface area contributed by atoms with E-state index in [1.165, 1.54) is 5.56 Å². The van der Waals surface area contributed by atoms with Crippen molar-refractivity contribution in [1.82, 2.24) is 9.88 Å². The largest absolute Gasteiger partial charge is 0.352 e. The zero-order valence-electron chi connectivity index (χ0n) is 11.7.